The van der Waals surface area contributed by atoms with Crippen LogP contribution in [0.5, 0.6) is 0 Å². The maximum absolute atomic E-state index is 2.38. The van der Waals surface area contributed by atoms with E-state index in [1.807, 2.05) is 0 Å². The van der Waals surface area contributed by atoms with E-state index >= 15 is 0 Å². The van der Waals surface area contributed by atoms with Crippen LogP contribution in [0.15, 0.2) is 30.3 Å². The predicted octanol–water partition coefficient (Wildman–Crippen LogP) is 7.34. The molecule has 0 aliphatic heterocycles. The first-order valence-electron chi connectivity index (χ1n) is 10.7. The van der Waals surface area contributed by atoms with Crippen LogP contribution in [0.3, 0.4) is 0 Å². The summed E-state index contributed by atoms with van der Waals surface area (Å²) in [4.78, 5) is 0. The third-order valence-electron chi connectivity index (χ3n) is 5.37. The zero-order valence-corrected chi connectivity index (χ0v) is 16.7. The Morgan fingerprint density at radius 1 is 0.542 bits per heavy atom. The van der Waals surface area contributed by atoms with Gasteiger partial charge in [0.15, 0.2) is 0 Å². The molecule has 0 spiro atoms. The molecule has 1 nitrogen and oxygen atoms in total. The first kappa shape index (κ1) is 21.2. The molecule has 0 saturated carbocycles. The molecule has 0 unspecified atom stereocenters. The van der Waals surface area contributed by atoms with Crippen molar-refractivity contribution in [3.05, 3.63) is 30.3 Å². The summed E-state index contributed by atoms with van der Waals surface area (Å²) in [5, 5.41) is 0. The van der Waals surface area contributed by atoms with E-state index in [-0.39, 0.29) is 0 Å². The van der Waals surface area contributed by atoms with Gasteiger partial charge in [-0.1, -0.05) is 71.1 Å². The minimum Gasteiger partial charge on any atom is -0.291 e. The van der Waals surface area contributed by atoms with Crippen molar-refractivity contribution in [3.8, 4) is 0 Å². The van der Waals surface area contributed by atoms with Crippen molar-refractivity contribution < 1.29 is 0 Å². The van der Waals surface area contributed by atoms with Gasteiger partial charge in [0.1, 0.15) is 5.69 Å². The van der Waals surface area contributed by atoms with Gasteiger partial charge < -0.3 is 0 Å². The molecule has 0 aliphatic rings. The predicted molar refractivity (Wildman–Crippen MR) is 111 cm³/mol. The van der Waals surface area contributed by atoms with Crippen molar-refractivity contribution in [1.82, 2.24) is 4.48 Å². The molecular weight excluding hydrogens is 290 g/mol. The normalized spacial score (nSPS) is 11.8. The fraction of sp³-hybridized carbons (Fsp3) is 0.739. The number of benzene rings is 1. The summed E-state index contributed by atoms with van der Waals surface area (Å²) in [6.45, 7) is 10.9. The molecule has 0 fully saturated rings. The Bertz CT molecular complexity index is 374. The Balaban J connectivity index is 2.80. The fourth-order valence-electron chi connectivity index (χ4n) is 3.81. The van der Waals surface area contributed by atoms with Crippen LogP contribution in [-0.4, -0.2) is 19.6 Å². The second kappa shape index (κ2) is 13.5. The fourth-order valence-corrected chi connectivity index (χ4v) is 3.81. The Kier molecular flexibility index (Phi) is 11.9. The lowest BCUT2D eigenvalue weighted by atomic mass is 10.1. The molecule has 0 atom stereocenters. The van der Waals surface area contributed by atoms with Crippen LogP contribution in [-0.2, 0) is 0 Å². The third kappa shape index (κ3) is 7.83. The van der Waals surface area contributed by atoms with Crippen LogP contribution in [0.2, 0.25) is 0 Å². The van der Waals surface area contributed by atoms with Gasteiger partial charge in [0.25, 0.3) is 0 Å². The van der Waals surface area contributed by atoms with Crippen molar-refractivity contribution in [2.75, 3.05) is 19.6 Å². The SMILES string of the molecule is CCCCCCC[N+](CCCCC)(CCCCC)c1ccccc1. The molecule has 0 aromatic heterocycles. The lowest BCUT2D eigenvalue weighted by molar-refractivity contribution is 0.254. The second-order valence-electron chi connectivity index (χ2n) is 7.48. The van der Waals surface area contributed by atoms with Gasteiger partial charge in [-0.2, -0.15) is 0 Å². The molecule has 138 valence electrons. The van der Waals surface area contributed by atoms with Crippen LogP contribution in [0.4, 0.5) is 5.69 Å². The first-order chi connectivity index (χ1) is 11.8. The molecule has 0 bridgehead atoms. The molecule has 1 aromatic carbocycles. The number of nitrogens with zero attached hydrogens (tertiary/aromatic N) is 1. The number of quaternary nitrogens is 1. The van der Waals surface area contributed by atoms with E-state index in [1.54, 1.807) is 5.69 Å². The molecule has 0 amide bonds. The lowest BCUT2D eigenvalue weighted by Gasteiger charge is -2.39. The van der Waals surface area contributed by atoms with E-state index in [0.29, 0.717) is 0 Å². The van der Waals surface area contributed by atoms with Crippen LogP contribution in [0.1, 0.15) is 91.4 Å². The van der Waals surface area contributed by atoms with Gasteiger partial charge in [-0.25, -0.2) is 0 Å². The van der Waals surface area contributed by atoms with E-state index in [2.05, 4.69) is 51.1 Å². The maximum Gasteiger partial charge on any atom is 0.132 e. The van der Waals surface area contributed by atoms with Crippen LogP contribution in [0.25, 0.3) is 0 Å². The van der Waals surface area contributed by atoms with Gasteiger partial charge in [-0.3, -0.25) is 4.48 Å². The Hall–Kier alpha value is -0.820. The highest BCUT2D eigenvalue weighted by Crippen LogP contribution is 2.27. The van der Waals surface area contributed by atoms with Gasteiger partial charge >= 0.3 is 0 Å². The lowest BCUT2D eigenvalue weighted by Crippen LogP contribution is -2.51. The molecule has 24 heavy (non-hydrogen) atoms. The minimum absolute atomic E-state index is 1.23. The standard InChI is InChI=1S/C23H42N/c1-4-7-10-11-17-22-24(20-15-8-5-2,21-16-9-6-3)23-18-13-12-14-19-23/h12-14,18-19H,4-11,15-17,20-22H2,1-3H3/q+1. The van der Waals surface area contributed by atoms with E-state index in [1.165, 1.54) is 94.7 Å². The molecule has 1 heteroatoms. The van der Waals surface area contributed by atoms with Crippen molar-refractivity contribution in [2.45, 2.75) is 91.4 Å². The number of unbranched alkanes of at least 4 members (excludes halogenated alkanes) is 8. The van der Waals surface area contributed by atoms with E-state index in [4.69, 9.17) is 0 Å². The first-order valence-corrected chi connectivity index (χ1v) is 10.7. The number of para-hydroxylation sites is 1. The average Bonchev–Trinajstić information content (AvgIpc) is 2.62. The number of rotatable bonds is 15. The van der Waals surface area contributed by atoms with Gasteiger partial charge in [-0.05, 0) is 50.7 Å². The summed E-state index contributed by atoms with van der Waals surface area (Å²) >= 11 is 0. The molecule has 1 aromatic rings. The minimum atomic E-state index is 1.23. The summed E-state index contributed by atoms with van der Waals surface area (Å²) in [7, 11) is 0. The highest BCUT2D eigenvalue weighted by Gasteiger charge is 2.28. The van der Waals surface area contributed by atoms with E-state index in [9.17, 15) is 0 Å². The van der Waals surface area contributed by atoms with Crippen molar-refractivity contribution in [1.29, 1.82) is 0 Å². The Labute approximate surface area is 152 Å². The largest absolute Gasteiger partial charge is 0.291 e. The summed E-state index contributed by atoms with van der Waals surface area (Å²) in [5.74, 6) is 0. The molecule has 0 aliphatic carbocycles. The molecule has 0 saturated heterocycles. The Morgan fingerprint density at radius 3 is 1.46 bits per heavy atom. The summed E-state index contributed by atoms with van der Waals surface area (Å²) < 4.78 is 1.23. The zero-order valence-electron chi connectivity index (χ0n) is 16.7. The quantitative estimate of drug-likeness (QED) is 0.233. The van der Waals surface area contributed by atoms with Crippen LogP contribution < -0.4 is 4.48 Å². The zero-order chi connectivity index (χ0) is 17.5. The molecule has 0 radical (unpaired) electrons. The Morgan fingerprint density at radius 2 is 0.958 bits per heavy atom. The second-order valence-corrected chi connectivity index (χ2v) is 7.48. The van der Waals surface area contributed by atoms with Gasteiger partial charge in [0, 0.05) is 0 Å². The topological polar surface area (TPSA) is 0 Å². The molecule has 1 rings (SSSR count). The number of hydrogen-bond donors (Lipinski definition) is 0. The van der Waals surface area contributed by atoms with Crippen molar-refractivity contribution in [3.63, 3.8) is 0 Å². The highest BCUT2D eigenvalue weighted by molar-refractivity contribution is 5.42. The summed E-state index contributed by atoms with van der Waals surface area (Å²) in [6, 6.07) is 11.4. The van der Waals surface area contributed by atoms with Gasteiger partial charge in [0.2, 0.25) is 0 Å². The maximum atomic E-state index is 2.38. The third-order valence-corrected chi connectivity index (χ3v) is 5.37. The summed E-state index contributed by atoms with van der Waals surface area (Å²) in [6.07, 6.45) is 15.1. The van der Waals surface area contributed by atoms with Crippen molar-refractivity contribution >= 4 is 5.69 Å². The van der Waals surface area contributed by atoms with Gasteiger partial charge in [0.05, 0.1) is 19.6 Å². The molecular formula is C23H42N+. The van der Waals surface area contributed by atoms with E-state index < -0.39 is 0 Å². The monoisotopic (exact) mass is 332 g/mol. The highest BCUT2D eigenvalue weighted by atomic mass is 15.4. The number of hydrogen-bond acceptors (Lipinski definition) is 0. The summed E-state index contributed by atoms with van der Waals surface area (Å²) in [5.41, 5.74) is 1.56. The van der Waals surface area contributed by atoms with Gasteiger partial charge in [-0.15, -0.1) is 0 Å². The van der Waals surface area contributed by atoms with Crippen molar-refractivity contribution in [2.24, 2.45) is 0 Å². The van der Waals surface area contributed by atoms with E-state index in [0.717, 1.165) is 0 Å². The van der Waals surface area contributed by atoms with Crippen LogP contribution in [0, 0.1) is 0 Å². The molecule has 0 N–H and O–H groups in total. The molecule has 0 heterocycles. The smallest absolute Gasteiger partial charge is 0.132 e. The average molecular weight is 333 g/mol. The van der Waals surface area contributed by atoms with Crippen LogP contribution >= 0.6 is 0 Å².